The highest BCUT2D eigenvalue weighted by molar-refractivity contribution is 6.01. The maximum atomic E-state index is 12.7. The maximum absolute atomic E-state index is 12.7. The molecule has 0 saturated heterocycles. The van der Waals surface area contributed by atoms with Gasteiger partial charge in [0.1, 0.15) is 12.1 Å². The van der Waals surface area contributed by atoms with Gasteiger partial charge in [-0.15, -0.1) is 0 Å². The van der Waals surface area contributed by atoms with Crippen LogP contribution < -0.4 is 16.1 Å². The van der Waals surface area contributed by atoms with Gasteiger partial charge in [-0.05, 0) is 37.1 Å². The van der Waals surface area contributed by atoms with Gasteiger partial charge in [-0.25, -0.2) is 15.4 Å². The number of carbonyl (C=O) groups excluding carboxylic acids is 2. The topological polar surface area (TPSA) is 116 Å². The Hall–Kier alpha value is -3.52. The molecule has 8 heteroatoms. The quantitative estimate of drug-likeness (QED) is 0.232. The molecule has 0 aliphatic heterocycles. The van der Waals surface area contributed by atoms with E-state index in [0.29, 0.717) is 36.5 Å². The smallest absolute Gasteiger partial charge is 0.253 e. The molecule has 3 aromatic rings. The van der Waals surface area contributed by atoms with Gasteiger partial charge in [0, 0.05) is 18.4 Å². The predicted molar refractivity (Wildman–Crippen MR) is 115 cm³/mol. The Kier molecular flexibility index (Phi) is 7.68. The van der Waals surface area contributed by atoms with Gasteiger partial charge < -0.3 is 10.6 Å². The fraction of sp³-hybridized carbons (Fsp3) is 0.273. The van der Waals surface area contributed by atoms with Crippen LogP contribution in [0.4, 0.5) is 11.5 Å². The number of para-hydroxylation sites is 2. The summed E-state index contributed by atoms with van der Waals surface area (Å²) in [6, 6.07) is 15.0. The summed E-state index contributed by atoms with van der Waals surface area (Å²) in [4.78, 5) is 32.2. The van der Waals surface area contributed by atoms with E-state index in [-0.39, 0.29) is 11.8 Å². The highest BCUT2D eigenvalue weighted by Gasteiger charge is 2.12. The molecule has 0 aliphatic rings. The lowest BCUT2D eigenvalue weighted by Crippen LogP contribution is -2.25. The van der Waals surface area contributed by atoms with Crippen molar-refractivity contribution in [1.82, 2.24) is 20.8 Å². The highest BCUT2D eigenvalue weighted by Crippen LogP contribution is 2.25. The number of nitrogens with one attached hydrogen (secondary N) is 3. The highest BCUT2D eigenvalue weighted by atomic mass is 16.5. The van der Waals surface area contributed by atoms with Crippen LogP contribution in [-0.2, 0) is 4.79 Å². The lowest BCUT2D eigenvalue weighted by Gasteiger charge is -2.13. The number of hydrogen-bond donors (Lipinski definition) is 4. The molecule has 1 heterocycles. The van der Waals surface area contributed by atoms with Crippen molar-refractivity contribution in [3.05, 3.63) is 60.4 Å². The number of aromatic nitrogens is 2. The number of unbranched alkanes of at least 4 members (excludes halogenated alkanes) is 3. The van der Waals surface area contributed by atoms with Crippen LogP contribution in [0.2, 0.25) is 0 Å². The Balaban J connectivity index is 1.56. The number of amides is 2. The van der Waals surface area contributed by atoms with E-state index in [1.165, 1.54) is 6.33 Å². The van der Waals surface area contributed by atoms with E-state index in [9.17, 15) is 9.59 Å². The van der Waals surface area contributed by atoms with E-state index >= 15 is 0 Å². The second-order valence-corrected chi connectivity index (χ2v) is 6.87. The molecule has 0 fully saturated rings. The molecule has 2 amide bonds. The van der Waals surface area contributed by atoms with E-state index < -0.39 is 0 Å². The minimum Gasteiger partial charge on any atom is -0.352 e. The van der Waals surface area contributed by atoms with Gasteiger partial charge in [-0.1, -0.05) is 37.1 Å². The van der Waals surface area contributed by atoms with E-state index in [2.05, 4.69) is 20.6 Å². The maximum Gasteiger partial charge on any atom is 0.253 e. The van der Waals surface area contributed by atoms with Crippen LogP contribution in [0.1, 0.15) is 42.5 Å². The van der Waals surface area contributed by atoms with Gasteiger partial charge in [0.15, 0.2) is 0 Å². The zero-order valence-electron chi connectivity index (χ0n) is 16.6. The van der Waals surface area contributed by atoms with E-state index in [0.717, 1.165) is 30.2 Å². The van der Waals surface area contributed by atoms with Crippen LogP contribution in [0.3, 0.4) is 0 Å². The summed E-state index contributed by atoms with van der Waals surface area (Å²) in [5.74, 6) is 0.118. The minimum atomic E-state index is -0.371. The number of benzene rings is 2. The minimum absolute atomic E-state index is 0.156. The summed E-state index contributed by atoms with van der Waals surface area (Å²) in [6.07, 6.45) is 5.09. The molecule has 30 heavy (non-hydrogen) atoms. The number of anilines is 2. The van der Waals surface area contributed by atoms with Crippen molar-refractivity contribution in [2.45, 2.75) is 32.1 Å². The van der Waals surface area contributed by atoms with Crippen LogP contribution in [0.15, 0.2) is 54.9 Å². The fourth-order valence-corrected chi connectivity index (χ4v) is 3.14. The van der Waals surface area contributed by atoms with E-state index in [1.807, 2.05) is 42.5 Å². The second-order valence-electron chi connectivity index (χ2n) is 6.87. The van der Waals surface area contributed by atoms with Crippen LogP contribution in [0.5, 0.6) is 0 Å². The summed E-state index contributed by atoms with van der Waals surface area (Å²) in [5, 5.41) is 15.5. The van der Waals surface area contributed by atoms with E-state index in [4.69, 9.17) is 5.21 Å². The molecule has 0 unspecified atom stereocenters. The third-order valence-electron chi connectivity index (χ3n) is 4.71. The first-order chi connectivity index (χ1) is 14.7. The second kappa shape index (κ2) is 10.9. The summed E-state index contributed by atoms with van der Waals surface area (Å²) in [5.41, 5.74) is 3.67. The summed E-state index contributed by atoms with van der Waals surface area (Å²) < 4.78 is 0. The molecule has 0 aliphatic carbocycles. The molecule has 0 saturated carbocycles. The van der Waals surface area contributed by atoms with Crippen LogP contribution in [0.25, 0.3) is 10.9 Å². The molecule has 0 radical (unpaired) electrons. The molecule has 3 rings (SSSR count). The van der Waals surface area contributed by atoms with Crippen LogP contribution in [0, 0.1) is 0 Å². The van der Waals surface area contributed by atoms with Gasteiger partial charge in [0.25, 0.3) is 5.91 Å². The average Bonchev–Trinajstić information content (AvgIpc) is 2.78. The number of fused-ring (bicyclic) bond motifs is 1. The van der Waals surface area contributed by atoms with Crippen molar-refractivity contribution in [2.24, 2.45) is 0 Å². The fourth-order valence-electron chi connectivity index (χ4n) is 3.14. The number of carbonyl (C=O) groups is 2. The van der Waals surface area contributed by atoms with Gasteiger partial charge in [0.2, 0.25) is 5.91 Å². The first kappa shape index (κ1) is 21.2. The first-order valence-electron chi connectivity index (χ1n) is 9.96. The number of hydrogen-bond acceptors (Lipinski definition) is 6. The molecule has 0 atom stereocenters. The summed E-state index contributed by atoms with van der Waals surface area (Å²) in [6.45, 7) is 0.551. The molecule has 4 N–H and O–H groups in total. The van der Waals surface area contributed by atoms with Crippen molar-refractivity contribution >= 4 is 34.2 Å². The Morgan fingerprint density at radius 3 is 2.53 bits per heavy atom. The zero-order chi connectivity index (χ0) is 21.2. The molecular weight excluding hydrogens is 382 g/mol. The number of hydroxylamine groups is 1. The van der Waals surface area contributed by atoms with Crippen molar-refractivity contribution in [3.63, 3.8) is 0 Å². The summed E-state index contributed by atoms with van der Waals surface area (Å²) >= 11 is 0. The van der Waals surface area contributed by atoms with Crippen molar-refractivity contribution in [3.8, 4) is 0 Å². The normalized spacial score (nSPS) is 10.6. The van der Waals surface area contributed by atoms with Crippen molar-refractivity contribution in [2.75, 3.05) is 11.9 Å². The van der Waals surface area contributed by atoms with Gasteiger partial charge in [-0.2, -0.15) is 0 Å². The molecule has 8 nitrogen and oxygen atoms in total. The Bertz CT molecular complexity index is 1000. The summed E-state index contributed by atoms with van der Waals surface area (Å²) in [7, 11) is 0. The molecule has 156 valence electrons. The largest absolute Gasteiger partial charge is 0.352 e. The third kappa shape index (κ3) is 5.74. The lowest BCUT2D eigenvalue weighted by atomic mass is 10.1. The molecule has 0 spiro atoms. The monoisotopic (exact) mass is 407 g/mol. The Labute approximate surface area is 174 Å². The third-order valence-corrected chi connectivity index (χ3v) is 4.71. The average molecular weight is 407 g/mol. The lowest BCUT2D eigenvalue weighted by molar-refractivity contribution is -0.129. The predicted octanol–water partition coefficient (Wildman–Crippen LogP) is 3.56. The van der Waals surface area contributed by atoms with Crippen LogP contribution in [-0.4, -0.2) is 33.5 Å². The van der Waals surface area contributed by atoms with Gasteiger partial charge in [0.05, 0.1) is 16.8 Å². The first-order valence-corrected chi connectivity index (χ1v) is 9.96. The molecular formula is C22H25N5O3. The van der Waals surface area contributed by atoms with Crippen LogP contribution >= 0.6 is 0 Å². The molecule has 2 aromatic carbocycles. The number of nitrogens with zero attached hydrogens (tertiary/aromatic N) is 2. The van der Waals surface area contributed by atoms with Gasteiger partial charge >= 0.3 is 0 Å². The Morgan fingerprint density at radius 1 is 0.900 bits per heavy atom. The molecule has 0 bridgehead atoms. The number of rotatable bonds is 10. The molecule has 1 aromatic heterocycles. The zero-order valence-corrected chi connectivity index (χ0v) is 16.6. The van der Waals surface area contributed by atoms with Gasteiger partial charge in [-0.3, -0.25) is 14.8 Å². The SMILES string of the molecule is O=C(CCCCCCNC(=O)c1ccccc1Nc1ncnc2ccccc12)NO. The Morgan fingerprint density at radius 2 is 1.67 bits per heavy atom. The standard InChI is InChI=1S/C22H25N5O3/c28-20(27-30)13-3-1-2-8-14-23-22(29)17-10-5-7-12-19(17)26-21-16-9-4-6-11-18(16)24-15-25-21/h4-7,9-12,15,30H,1-3,8,13-14H2,(H,23,29)(H,27,28)(H,24,25,26). The van der Waals surface area contributed by atoms with Crippen molar-refractivity contribution < 1.29 is 14.8 Å². The van der Waals surface area contributed by atoms with Crippen molar-refractivity contribution in [1.29, 1.82) is 0 Å². The van der Waals surface area contributed by atoms with E-state index in [1.54, 1.807) is 11.5 Å².